The van der Waals surface area contributed by atoms with Gasteiger partial charge in [0.15, 0.2) is 5.96 Å². The molecule has 1 aliphatic heterocycles. The van der Waals surface area contributed by atoms with Gasteiger partial charge >= 0.3 is 0 Å². The van der Waals surface area contributed by atoms with Gasteiger partial charge in [-0.15, -0.1) is 0 Å². The van der Waals surface area contributed by atoms with Crippen LogP contribution in [-0.4, -0.2) is 56.0 Å². The highest BCUT2D eigenvalue weighted by Gasteiger charge is 2.22. The number of carbonyl (C=O) groups excluding carboxylic acids is 1. The number of hydrogen-bond acceptors (Lipinski definition) is 3. The van der Waals surface area contributed by atoms with E-state index in [4.69, 9.17) is 0 Å². The number of nitrogens with zero attached hydrogens (tertiary/aromatic N) is 2. The summed E-state index contributed by atoms with van der Waals surface area (Å²) in [4.78, 5) is 19.1. The number of amides is 1. The molecular weight excluding hydrogens is 362 g/mol. The second-order valence-corrected chi connectivity index (χ2v) is 8.13. The number of hydrogen-bond donors (Lipinski definition) is 3. The van der Waals surface area contributed by atoms with Crippen molar-refractivity contribution in [3.8, 4) is 0 Å². The van der Waals surface area contributed by atoms with Gasteiger partial charge < -0.3 is 16.0 Å². The molecule has 0 spiro atoms. The first-order valence-corrected chi connectivity index (χ1v) is 11.1. The van der Waals surface area contributed by atoms with E-state index in [0.717, 1.165) is 18.1 Å². The first-order chi connectivity index (χ1) is 14.0. The molecule has 0 saturated carbocycles. The van der Waals surface area contributed by atoms with E-state index >= 15 is 0 Å². The van der Waals surface area contributed by atoms with Crippen LogP contribution in [-0.2, 0) is 6.54 Å². The minimum atomic E-state index is -0.0333. The lowest BCUT2D eigenvalue weighted by molar-refractivity contribution is 0.0955. The molecule has 0 aliphatic carbocycles. The molecule has 6 nitrogen and oxygen atoms in total. The predicted molar refractivity (Wildman–Crippen MR) is 121 cm³/mol. The van der Waals surface area contributed by atoms with Gasteiger partial charge in [-0.3, -0.25) is 14.7 Å². The molecule has 29 heavy (non-hydrogen) atoms. The highest BCUT2D eigenvalue weighted by molar-refractivity contribution is 5.94. The third kappa shape index (κ3) is 7.69. The number of aliphatic imine (C=N–C) groups is 1. The Labute approximate surface area is 176 Å². The molecule has 0 aromatic heterocycles. The van der Waals surface area contributed by atoms with Crippen LogP contribution in [0.5, 0.6) is 0 Å². The fourth-order valence-corrected chi connectivity index (χ4v) is 3.91. The molecule has 1 fully saturated rings. The van der Waals surface area contributed by atoms with Gasteiger partial charge in [0.25, 0.3) is 5.91 Å². The van der Waals surface area contributed by atoms with Crippen LogP contribution in [0.25, 0.3) is 0 Å². The number of guanidine groups is 1. The lowest BCUT2D eigenvalue weighted by Gasteiger charge is -2.34. The fraction of sp³-hybridized carbons (Fsp3) is 0.652. The quantitative estimate of drug-likeness (QED) is 0.463. The Kier molecular flexibility index (Phi) is 9.98. The molecular formula is C23H39N5O. The number of benzene rings is 1. The van der Waals surface area contributed by atoms with Gasteiger partial charge in [0.2, 0.25) is 0 Å². The second-order valence-electron chi connectivity index (χ2n) is 8.13. The molecule has 6 heteroatoms. The minimum Gasteiger partial charge on any atom is -0.355 e. The van der Waals surface area contributed by atoms with Gasteiger partial charge in [-0.1, -0.05) is 38.8 Å². The molecule has 1 unspecified atom stereocenters. The molecule has 2 rings (SSSR count). The van der Waals surface area contributed by atoms with Crippen molar-refractivity contribution in [1.29, 1.82) is 0 Å². The van der Waals surface area contributed by atoms with Crippen LogP contribution in [0.1, 0.15) is 62.4 Å². The van der Waals surface area contributed by atoms with Crippen LogP contribution < -0.4 is 16.0 Å². The zero-order valence-corrected chi connectivity index (χ0v) is 18.6. The van der Waals surface area contributed by atoms with Crippen molar-refractivity contribution in [2.75, 3.05) is 33.2 Å². The third-order valence-corrected chi connectivity index (χ3v) is 5.57. The number of nitrogens with one attached hydrogen (secondary N) is 3. The number of carbonyl (C=O) groups is 1. The van der Waals surface area contributed by atoms with Crippen molar-refractivity contribution >= 4 is 11.9 Å². The summed E-state index contributed by atoms with van der Waals surface area (Å²) in [5.74, 6) is 1.36. The van der Waals surface area contributed by atoms with E-state index in [2.05, 4.69) is 39.7 Å². The summed E-state index contributed by atoms with van der Waals surface area (Å²) in [6.07, 6.45) is 5.32. The van der Waals surface area contributed by atoms with E-state index in [1.807, 2.05) is 31.2 Å². The molecule has 3 N–H and O–H groups in total. The van der Waals surface area contributed by atoms with Gasteiger partial charge in [-0.25, -0.2) is 0 Å². The number of likely N-dealkylation sites (tertiary alicyclic amines) is 1. The Bertz CT molecular complexity index is 650. The van der Waals surface area contributed by atoms with Crippen molar-refractivity contribution in [2.24, 2.45) is 10.9 Å². The van der Waals surface area contributed by atoms with E-state index in [1.165, 1.54) is 38.8 Å². The maximum Gasteiger partial charge on any atom is 0.251 e. The Balaban J connectivity index is 1.89. The molecule has 1 aliphatic rings. The molecule has 1 atom stereocenters. The highest BCUT2D eigenvalue weighted by atomic mass is 16.1. The van der Waals surface area contributed by atoms with Crippen LogP contribution in [0, 0.1) is 5.92 Å². The molecule has 1 aromatic carbocycles. The smallest absolute Gasteiger partial charge is 0.251 e. The standard InChI is InChI=1S/C23H39N5O/c1-5-25-22(29)20-12-10-11-19(15-20)16-26-23(24-4)27-17-21(18(2)3)28-13-8-6-7-9-14-28/h10-12,15,18,21H,5-9,13-14,16-17H2,1-4H3,(H,25,29)(H2,24,26,27). The zero-order chi connectivity index (χ0) is 21.1. The summed E-state index contributed by atoms with van der Waals surface area (Å²) in [5, 5.41) is 9.74. The van der Waals surface area contributed by atoms with Crippen LogP contribution in [0.4, 0.5) is 0 Å². The van der Waals surface area contributed by atoms with Crippen molar-refractivity contribution in [2.45, 2.75) is 59.0 Å². The summed E-state index contributed by atoms with van der Waals surface area (Å²) in [5.41, 5.74) is 1.75. The van der Waals surface area contributed by atoms with E-state index in [-0.39, 0.29) is 5.91 Å². The largest absolute Gasteiger partial charge is 0.355 e. The van der Waals surface area contributed by atoms with Gasteiger partial charge in [-0.05, 0) is 56.5 Å². The topological polar surface area (TPSA) is 68.8 Å². The first-order valence-electron chi connectivity index (χ1n) is 11.1. The van der Waals surface area contributed by atoms with Crippen molar-refractivity contribution in [1.82, 2.24) is 20.9 Å². The summed E-state index contributed by atoms with van der Waals surface area (Å²) < 4.78 is 0. The average Bonchev–Trinajstić information content (AvgIpc) is 3.00. The molecule has 1 heterocycles. The molecule has 0 radical (unpaired) electrons. The lowest BCUT2D eigenvalue weighted by atomic mass is 10.0. The lowest BCUT2D eigenvalue weighted by Crippen LogP contribution is -2.49. The molecule has 0 bridgehead atoms. The van der Waals surface area contributed by atoms with Crippen LogP contribution in [0.3, 0.4) is 0 Å². The Morgan fingerprint density at radius 1 is 1.10 bits per heavy atom. The molecule has 1 saturated heterocycles. The Hall–Kier alpha value is -2.08. The summed E-state index contributed by atoms with van der Waals surface area (Å²) in [6, 6.07) is 8.23. The predicted octanol–water partition coefficient (Wildman–Crippen LogP) is 3.00. The van der Waals surface area contributed by atoms with Crippen LogP contribution >= 0.6 is 0 Å². The monoisotopic (exact) mass is 401 g/mol. The first kappa shape index (κ1) is 23.2. The van der Waals surface area contributed by atoms with Gasteiger partial charge in [0.1, 0.15) is 0 Å². The van der Waals surface area contributed by atoms with E-state index in [0.29, 0.717) is 30.6 Å². The summed E-state index contributed by atoms with van der Waals surface area (Å²) >= 11 is 0. The van der Waals surface area contributed by atoms with Gasteiger partial charge in [-0.2, -0.15) is 0 Å². The van der Waals surface area contributed by atoms with E-state index in [1.54, 1.807) is 7.05 Å². The van der Waals surface area contributed by atoms with E-state index in [9.17, 15) is 4.79 Å². The molecule has 1 aromatic rings. The van der Waals surface area contributed by atoms with Crippen LogP contribution in [0.2, 0.25) is 0 Å². The van der Waals surface area contributed by atoms with Crippen molar-refractivity contribution in [3.05, 3.63) is 35.4 Å². The highest BCUT2D eigenvalue weighted by Crippen LogP contribution is 2.17. The summed E-state index contributed by atoms with van der Waals surface area (Å²) in [7, 11) is 1.80. The molecule has 1 amide bonds. The third-order valence-electron chi connectivity index (χ3n) is 5.57. The second kappa shape index (κ2) is 12.5. The Morgan fingerprint density at radius 2 is 1.83 bits per heavy atom. The van der Waals surface area contributed by atoms with Crippen LogP contribution in [0.15, 0.2) is 29.3 Å². The van der Waals surface area contributed by atoms with Gasteiger partial charge in [0, 0.05) is 38.3 Å². The fourth-order valence-electron chi connectivity index (χ4n) is 3.91. The average molecular weight is 402 g/mol. The Morgan fingerprint density at radius 3 is 2.45 bits per heavy atom. The zero-order valence-electron chi connectivity index (χ0n) is 18.6. The minimum absolute atomic E-state index is 0.0333. The molecule has 162 valence electrons. The summed E-state index contributed by atoms with van der Waals surface area (Å²) in [6.45, 7) is 11.1. The maximum atomic E-state index is 12.0. The van der Waals surface area contributed by atoms with E-state index < -0.39 is 0 Å². The van der Waals surface area contributed by atoms with Crippen molar-refractivity contribution in [3.63, 3.8) is 0 Å². The maximum absolute atomic E-state index is 12.0. The van der Waals surface area contributed by atoms with Crippen molar-refractivity contribution < 1.29 is 4.79 Å². The number of rotatable bonds is 8. The normalized spacial score (nSPS) is 16.9. The van der Waals surface area contributed by atoms with Gasteiger partial charge in [0.05, 0.1) is 0 Å². The SMILES string of the molecule is CCNC(=O)c1cccc(CNC(=NC)NCC(C(C)C)N2CCCCCC2)c1.